The molecule has 0 aliphatic heterocycles. The van der Waals surface area contributed by atoms with Crippen LogP contribution in [0.1, 0.15) is 38.5 Å². The van der Waals surface area contributed by atoms with Gasteiger partial charge in [-0.1, -0.05) is 0 Å². The molecule has 3 N–H and O–H groups in total. The van der Waals surface area contributed by atoms with Crippen molar-refractivity contribution < 1.29 is 8.42 Å². The van der Waals surface area contributed by atoms with E-state index in [1.165, 1.54) is 31.5 Å². The first kappa shape index (κ1) is 16.2. The molecule has 2 heterocycles. The Morgan fingerprint density at radius 2 is 1.65 bits per heavy atom. The van der Waals surface area contributed by atoms with Crippen molar-refractivity contribution in [3.05, 3.63) is 33.1 Å². The van der Waals surface area contributed by atoms with Gasteiger partial charge in [0.2, 0.25) is 10.0 Å². The second-order valence-corrected chi connectivity index (χ2v) is 9.96. The van der Waals surface area contributed by atoms with E-state index in [0.29, 0.717) is 17.8 Å². The molecule has 0 spiro atoms. The summed E-state index contributed by atoms with van der Waals surface area (Å²) in [5.41, 5.74) is -1.60. The second kappa shape index (κ2) is 5.26. The molecule has 0 unspecified atom stereocenters. The fourth-order valence-electron chi connectivity index (χ4n) is 5.75. The molecule has 138 valence electrons. The summed E-state index contributed by atoms with van der Waals surface area (Å²) in [7, 11) is -3.80. The number of pyridine rings is 1. The number of hydrogen-bond donors (Lipinski definition) is 3. The third-order valence-corrected chi connectivity index (χ3v) is 7.81. The van der Waals surface area contributed by atoms with Crippen LogP contribution in [0.15, 0.2) is 26.7 Å². The van der Waals surface area contributed by atoms with Gasteiger partial charge in [0.05, 0.1) is 5.39 Å². The maximum atomic E-state index is 13.0. The van der Waals surface area contributed by atoms with Crippen LogP contribution in [0.4, 0.5) is 0 Å². The summed E-state index contributed by atoms with van der Waals surface area (Å²) in [5, 5.41) is 0.0537. The van der Waals surface area contributed by atoms with Gasteiger partial charge in [0.25, 0.3) is 5.56 Å². The first-order valence-corrected chi connectivity index (χ1v) is 10.5. The average molecular weight is 376 g/mol. The van der Waals surface area contributed by atoms with Crippen molar-refractivity contribution in [1.29, 1.82) is 0 Å². The molecule has 2 aromatic rings. The number of sulfonamides is 1. The van der Waals surface area contributed by atoms with Crippen LogP contribution in [0.5, 0.6) is 0 Å². The monoisotopic (exact) mass is 376 g/mol. The summed E-state index contributed by atoms with van der Waals surface area (Å²) in [5.74, 6) is 1.85. The Bertz CT molecular complexity index is 1080. The van der Waals surface area contributed by atoms with E-state index in [2.05, 4.69) is 19.7 Å². The van der Waals surface area contributed by atoms with Gasteiger partial charge in [0.15, 0.2) is 0 Å². The highest BCUT2D eigenvalue weighted by atomic mass is 32.2. The van der Waals surface area contributed by atoms with Gasteiger partial charge in [0.1, 0.15) is 10.5 Å². The predicted octanol–water partition coefficient (Wildman–Crippen LogP) is 0.858. The van der Waals surface area contributed by atoms with Crippen LogP contribution in [0.25, 0.3) is 11.0 Å². The summed E-state index contributed by atoms with van der Waals surface area (Å²) in [6.07, 6.45) is 7.55. The molecule has 26 heavy (non-hydrogen) atoms. The fourth-order valence-corrected chi connectivity index (χ4v) is 7.16. The highest BCUT2D eigenvalue weighted by Gasteiger charge is 2.52. The van der Waals surface area contributed by atoms with Gasteiger partial charge in [-0.25, -0.2) is 22.9 Å². The lowest BCUT2D eigenvalue weighted by atomic mass is 9.53. The van der Waals surface area contributed by atoms with E-state index < -0.39 is 21.3 Å². The zero-order valence-corrected chi connectivity index (χ0v) is 14.9. The van der Waals surface area contributed by atoms with E-state index in [1.54, 1.807) is 0 Å². The molecule has 4 saturated carbocycles. The van der Waals surface area contributed by atoms with Crippen molar-refractivity contribution in [2.45, 2.75) is 49.0 Å². The van der Waals surface area contributed by atoms with Crippen molar-refractivity contribution in [3.63, 3.8) is 0 Å². The van der Waals surface area contributed by atoms with Crippen molar-refractivity contribution in [3.8, 4) is 0 Å². The summed E-state index contributed by atoms with van der Waals surface area (Å²) in [6, 6.07) is 1.28. The van der Waals surface area contributed by atoms with Crippen LogP contribution in [0, 0.1) is 17.8 Å². The Kier molecular flexibility index (Phi) is 3.28. The normalized spacial score (nSPS) is 33.0. The number of nitrogens with one attached hydrogen (secondary N) is 3. The number of aromatic nitrogens is 3. The predicted molar refractivity (Wildman–Crippen MR) is 94.2 cm³/mol. The van der Waals surface area contributed by atoms with E-state index in [4.69, 9.17) is 0 Å². The highest BCUT2D eigenvalue weighted by molar-refractivity contribution is 7.89. The zero-order chi connectivity index (χ0) is 18.1. The van der Waals surface area contributed by atoms with Gasteiger partial charge in [-0.05, 0) is 62.3 Å². The van der Waals surface area contributed by atoms with E-state index in [0.717, 1.165) is 19.3 Å². The Labute approximate surface area is 149 Å². The molecule has 9 heteroatoms. The summed E-state index contributed by atoms with van der Waals surface area (Å²) < 4.78 is 29.0. The Balaban J connectivity index is 1.52. The number of aromatic amines is 2. The molecular formula is C17H20N4O4S. The maximum Gasteiger partial charge on any atom is 0.327 e. The number of rotatable bonds is 3. The summed E-state index contributed by atoms with van der Waals surface area (Å²) >= 11 is 0. The average Bonchev–Trinajstić information content (AvgIpc) is 2.51. The highest BCUT2D eigenvalue weighted by Crippen LogP contribution is 2.55. The molecule has 0 aromatic carbocycles. The lowest BCUT2D eigenvalue weighted by Gasteiger charge is -2.56. The molecule has 4 aliphatic carbocycles. The molecule has 6 rings (SSSR count). The molecule has 2 aromatic heterocycles. The topological polar surface area (TPSA) is 125 Å². The number of nitrogens with zero attached hydrogens (tertiary/aromatic N) is 1. The lowest BCUT2D eigenvalue weighted by Crippen LogP contribution is -2.59. The third kappa shape index (κ3) is 2.52. The third-order valence-electron chi connectivity index (χ3n) is 6.27. The Hall–Kier alpha value is -2.00. The van der Waals surface area contributed by atoms with Gasteiger partial charge in [-0.3, -0.25) is 14.8 Å². The van der Waals surface area contributed by atoms with E-state index >= 15 is 0 Å². The van der Waals surface area contributed by atoms with E-state index in [1.807, 2.05) is 0 Å². The van der Waals surface area contributed by atoms with Crippen molar-refractivity contribution in [2.75, 3.05) is 0 Å². The van der Waals surface area contributed by atoms with Crippen molar-refractivity contribution in [2.24, 2.45) is 17.8 Å². The first-order valence-electron chi connectivity index (χ1n) is 8.98. The molecule has 4 bridgehead atoms. The Morgan fingerprint density at radius 1 is 1.04 bits per heavy atom. The second-order valence-electron chi connectivity index (χ2n) is 8.28. The quantitative estimate of drug-likeness (QED) is 0.733. The van der Waals surface area contributed by atoms with Crippen LogP contribution in [-0.2, 0) is 10.0 Å². The molecule has 0 radical (unpaired) electrons. The maximum absolute atomic E-state index is 13.0. The molecule has 8 nitrogen and oxygen atoms in total. The minimum atomic E-state index is -3.80. The van der Waals surface area contributed by atoms with Gasteiger partial charge in [-0.15, -0.1) is 0 Å². The van der Waals surface area contributed by atoms with Gasteiger partial charge >= 0.3 is 5.69 Å². The van der Waals surface area contributed by atoms with Crippen molar-refractivity contribution in [1.82, 2.24) is 19.7 Å². The molecule has 0 atom stereocenters. The zero-order valence-electron chi connectivity index (χ0n) is 14.1. The summed E-state index contributed by atoms with van der Waals surface area (Å²) in [4.78, 5) is 31.7. The number of fused-ring (bicyclic) bond motifs is 1. The fraction of sp³-hybridized carbons (Fsp3) is 0.588. The van der Waals surface area contributed by atoms with Gasteiger partial charge in [-0.2, -0.15) is 0 Å². The standard InChI is InChI=1S/C17H20N4O4S/c22-15-13-4-12(8-18-14(13)19-16(23)20-15)26(24,25)21-17-5-9-1-10(6-17)3-11(2-9)7-17/h4,8-11,21H,1-3,5-7H2,(H2,18,19,20,22,23). The van der Waals surface area contributed by atoms with Crippen LogP contribution in [0.2, 0.25) is 0 Å². The number of hydrogen-bond acceptors (Lipinski definition) is 5. The molecule has 4 fully saturated rings. The minimum absolute atomic E-state index is 0.0432. The molecular weight excluding hydrogens is 356 g/mol. The van der Waals surface area contributed by atoms with Gasteiger partial charge in [0, 0.05) is 11.7 Å². The smallest absolute Gasteiger partial charge is 0.291 e. The summed E-state index contributed by atoms with van der Waals surface area (Å²) in [6.45, 7) is 0. The SMILES string of the molecule is O=c1[nH]c(=O)c2cc(S(=O)(=O)NC34CC5CC(CC(C5)C3)C4)cnc2[nH]1. The van der Waals surface area contributed by atoms with Crippen LogP contribution >= 0.6 is 0 Å². The largest absolute Gasteiger partial charge is 0.327 e. The minimum Gasteiger partial charge on any atom is -0.291 e. The van der Waals surface area contributed by atoms with Crippen LogP contribution < -0.4 is 16.0 Å². The van der Waals surface area contributed by atoms with E-state index in [9.17, 15) is 18.0 Å². The molecule has 4 aliphatic rings. The van der Waals surface area contributed by atoms with Crippen LogP contribution in [-0.4, -0.2) is 28.9 Å². The van der Waals surface area contributed by atoms with E-state index in [-0.39, 0.29) is 21.5 Å². The van der Waals surface area contributed by atoms with Crippen molar-refractivity contribution >= 4 is 21.1 Å². The Morgan fingerprint density at radius 3 is 2.27 bits per heavy atom. The lowest BCUT2D eigenvalue weighted by molar-refractivity contribution is -0.00810. The molecule has 0 amide bonds. The van der Waals surface area contributed by atoms with Gasteiger partial charge < -0.3 is 0 Å². The van der Waals surface area contributed by atoms with Crippen LogP contribution in [0.3, 0.4) is 0 Å². The first-order chi connectivity index (χ1) is 12.3. The molecule has 0 saturated heterocycles. The number of H-pyrrole nitrogens is 2.